The molecule has 1 rings (SSSR count). The van der Waals surface area contributed by atoms with E-state index in [0.29, 0.717) is 6.04 Å². The standard InChI is InChI=1S/C8H14N2OS/c1-2-3-4-10-7-12-6-8(10)5-9-11/h2,5,8,11H,1,3-4,6-7H2/b9-5+. The summed E-state index contributed by atoms with van der Waals surface area (Å²) >= 11 is 1.87. The maximum Gasteiger partial charge on any atom is 0.0616 e. The SMILES string of the molecule is C=CCCN1CSCC1/C=N/O. The zero-order chi connectivity index (χ0) is 8.81. The van der Waals surface area contributed by atoms with Crippen LogP contribution in [0.5, 0.6) is 0 Å². The Hall–Kier alpha value is -0.480. The van der Waals surface area contributed by atoms with E-state index in [9.17, 15) is 0 Å². The molecule has 0 saturated carbocycles. The fourth-order valence-corrected chi connectivity index (χ4v) is 2.39. The van der Waals surface area contributed by atoms with Crippen molar-refractivity contribution in [1.82, 2.24) is 4.90 Å². The van der Waals surface area contributed by atoms with Crippen LogP contribution < -0.4 is 0 Å². The second-order valence-electron chi connectivity index (χ2n) is 2.72. The van der Waals surface area contributed by atoms with Crippen molar-refractivity contribution >= 4 is 18.0 Å². The first-order valence-corrected chi connectivity index (χ1v) is 5.14. The van der Waals surface area contributed by atoms with Crippen molar-refractivity contribution in [2.24, 2.45) is 5.16 Å². The zero-order valence-corrected chi connectivity index (χ0v) is 7.83. The number of rotatable bonds is 4. The largest absolute Gasteiger partial charge is 0.411 e. The summed E-state index contributed by atoms with van der Waals surface area (Å²) in [5.41, 5.74) is 0. The molecule has 4 heteroatoms. The third-order valence-corrected chi connectivity index (χ3v) is 2.97. The third kappa shape index (κ3) is 2.53. The molecule has 1 aliphatic heterocycles. The third-order valence-electron chi connectivity index (χ3n) is 1.87. The second-order valence-corrected chi connectivity index (χ2v) is 3.72. The molecule has 1 saturated heterocycles. The normalized spacial score (nSPS) is 25.2. The van der Waals surface area contributed by atoms with E-state index in [1.165, 1.54) is 0 Å². The predicted molar refractivity (Wildman–Crippen MR) is 52.9 cm³/mol. The van der Waals surface area contributed by atoms with Gasteiger partial charge in [-0.2, -0.15) is 0 Å². The van der Waals surface area contributed by atoms with Gasteiger partial charge in [-0.25, -0.2) is 0 Å². The van der Waals surface area contributed by atoms with Gasteiger partial charge >= 0.3 is 0 Å². The molecule has 1 atom stereocenters. The molecule has 1 N–H and O–H groups in total. The first kappa shape index (κ1) is 9.61. The highest BCUT2D eigenvalue weighted by Gasteiger charge is 2.22. The minimum absolute atomic E-state index is 0.306. The van der Waals surface area contributed by atoms with Gasteiger partial charge in [0.25, 0.3) is 0 Å². The molecule has 0 bridgehead atoms. The molecule has 0 aromatic heterocycles. The lowest BCUT2D eigenvalue weighted by Gasteiger charge is -2.18. The minimum atomic E-state index is 0.306. The Morgan fingerprint density at radius 2 is 2.58 bits per heavy atom. The Labute approximate surface area is 77.1 Å². The number of hydrogen-bond acceptors (Lipinski definition) is 4. The van der Waals surface area contributed by atoms with Crippen LogP contribution >= 0.6 is 11.8 Å². The van der Waals surface area contributed by atoms with Gasteiger partial charge in [0, 0.05) is 18.2 Å². The summed E-state index contributed by atoms with van der Waals surface area (Å²) in [7, 11) is 0. The molecule has 0 aromatic carbocycles. The van der Waals surface area contributed by atoms with E-state index in [1.54, 1.807) is 6.21 Å². The Morgan fingerprint density at radius 1 is 1.75 bits per heavy atom. The van der Waals surface area contributed by atoms with Crippen LogP contribution in [0.4, 0.5) is 0 Å². The van der Waals surface area contributed by atoms with Crippen LogP contribution in [-0.4, -0.2) is 40.5 Å². The van der Waals surface area contributed by atoms with Gasteiger partial charge in [0.2, 0.25) is 0 Å². The Morgan fingerprint density at radius 3 is 3.25 bits per heavy atom. The van der Waals surface area contributed by atoms with Crippen LogP contribution in [-0.2, 0) is 0 Å². The van der Waals surface area contributed by atoms with Crippen molar-refractivity contribution in [1.29, 1.82) is 0 Å². The van der Waals surface area contributed by atoms with Gasteiger partial charge in [-0.3, -0.25) is 4.90 Å². The number of oxime groups is 1. The summed E-state index contributed by atoms with van der Waals surface area (Å²) in [5.74, 6) is 2.06. The Balaban J connectivity index is 2.35. The van der Waals surface area contributed by atoms with E-state index in [2.05, 4.69) is 16.6 Å². The molecule has 1 heterocycles. The lowest BCUT2D eigenvalue weighted by atomic mass is 10.3. The number of nitrogens with zero attached hydrogens (tertiary/aromatic N) is 2. The maximum absolute atomic E-state index is 8.38. The van der Waals surface area contributed by atoms with Crippen molar-refractivity contribution in [3.05, 3.63) is 12.7 Å². The van der Waals surface area contributed by atoms with Gasteiger partial charge in [0.15, 0.2) is 0 Å². The van der Waals surface area contributed by atoms with Crippen LogP contribution in [0, 0.1) is 0 Å². The van der Waals surface area contributed by atoms with Gasteiger partial charge < -0.3 is 5.21 Å². The smallest absolute Gasteiger partial charge is 0.0616 e. The van der Waals surface area contributed by atoms with Crippen molar-refractivity contribution in [3.63, 3.8) is 0 Å². The monoisotopic (exact) mass is 186 g/mol. The van der Waals surface area contributed by atoms with E-state index in [-0.39, 0.29) is 0 Å². The molecule has 0 amide bonds. The van der Waals surface area contributed by atoms with Crippen LogP contribution in [0.15, 0.2) is 17.8 Å². The van der Waals surface area contributed by atoms with Gasteiger partial charge in [-0.1, -0.05) is 6.08 Å². The first-order chi connectivity index (χ1) is 5.88. The van der Waals surface area contributed by atoms with E-state index in [1.807, 2.05) is 17.8 Å². The molecule has 1 aliphatic rings. The van der Waals surface area contributed by atoms with E-state index >= 15 is 0 Å². The van der Waals surface area contributed by atoms with Crippen molar-refractivity contribution in [3.8, 4) is 0 Å². The van der Waals surface area contributed by atoms with Crippen LogP contribution in [0.2, 0.25) is 0 Å². The average molecular weight is 186 g/mol. The molecule has 0 aliphatic carbocycles. The lowest BCUT2D eigenvalue weighted by Crippen LogP contribution is -2.32. The van der Waals surface area contributed by atoms with E-state index in [0.717, 1.165) is 24.6 Å². The topological polar surface area (TPSA) is 35.8 Å². The lowest BCUT2D eigenvalue weighted by molar-refractivity contribution is 0.298. The number of hydrogen-bond donors (Lipinski definition) is 1. The highest BCUT2D eigenvalue weighted by atomic mass is 32.2. The van der Waals surface area contributed by atoms with Crippen LogP contribution in [0.25, 0.3) is 0 Å². The Bertz CT molecular complexity index is 172. The molecule has 3 nitrogen and oxygen atoms in total. The fraction of sp³-hybridized carbons (Fsp3) is 0.625. The highest BCUT2D eigenvalue weighted by Crippen LogP contribution is 2.19. The van der Waals surface area contributed by atoms with Crippen molar-refractivity contribution in [2.45, 2.75) is 12.5 Å². The van der Waals surface area contributed by atoms with Gasteiger partial charge in [-0.05, 0) is 6.42 Å². The average Bonchev–Trinajstić information content (AvgIpc) is 2.50. The minimum Gasteiger partial charge on any atom is -0.411 e. The van der Waals surface area contributed by atoms with E-state index in [4.69, 9.17) is 5.21 Å². The fourth-order valence-electron chi connectivity index (χ4n) is 1.19. The maximum atomic E-state index is 8.38. The molecule has 68 valence electrons. The van der Waals surface area contributed by atoms with Gasteiger partial charge in [-0.15, -0.1) is 23.5 Å². The van der Waals surface area contributed by atoms with Crippen LogP contribution in [0.1, 0.15) is 6.42 Å². The first-order valence-electron chi connectivity index (χ1n) is 3.98. The quantitative estimate of drug-likeness (QED) is 0.312. The molecule has 0 spiro atoms. The molecule has 0 radical (unpaired) electrons. The summed E-state index contributed by atoms with van der Waals surface area (Å²) in [6, 6.07) is 0.306. The zero-order valence-electron chi connectivity index (χ0n) is 7.02. The molecular weight excluding hydrogens is 172 g/mol. The summed E-state index contributed by atoms with van der Waals surface area (Å²) in [4.78, 5) is 2.28. The summed E-state index contributed by atoms with van der Waals surface area (Å²) < 4.78 is 0. The van der Waals surface area contributed by atoms with Crippen LogP contribution in [0.3, 0.4) is 0 Å². The molecular formula is C8H14N2OS. The van der Waals surface area contributed by atoms with Crippen molar-refractivity contribution in [2.75, 3.05) is 18.2 Å². The second kappa shape index (κ2) is 5.22. The molecule has 1 unspecified atom stereocenters. The highest BCUT2D eigenvalue weighted by molar-refractivity contribution is 7.99. The van der Waals surface area contributed by atoms with Gasteiger partial charge in [0.1, 0.15) is 0 Å². The van der Waals surface area contributed by atoms with Crippen molar-refractivity contribution < 1.29 is 5.21 Å². The Kier molecular flexibility index (Phi) is 4.18. The van der Waals surface area contributed by atoms with E-state index < -0.39 is 0 Å². The summed E-state index contributed by atoms with van der Waals surface area (Å²) in [5, 5.41) is 11.5. The predicted octanol–water partition coefficient (Wildman–Crippen LogP) is 1.40. The molecule has 1 fully saturated rings. The summed E-state index contributed by atoms with van der Waals surface area (Å²) in [6.07, 6.45) is 4.51. The molecule has 12 heavy (non-hydrogen) atoms. The van der Waals surface area contributed by atoms with Gasteiger partial charge in [0.05, 0.1) is 12.3 Å². The number of thioether (sulfide) groups is 1. The summed E-state index contributed by atoms with van der Waals surface area (Å²) in [6.45, 7) is 4.68. The molecule has 0 aromatic rings.